The van der Waals surface area contributed by atoms with E-state index in [4.69, 9.17) is 9.47 Å². The van der Waals surface area contributed by atoms with Crippen molar-refractivity contribution in [1.82, 2.24) is 10.2 Å². The Morgan fingerprint density at radius 2 is 2.10 bits per heavy atom. The van der Waals surface area contributed by atoms with Gasteiger partial charge in [0, 0.05) is 42.6 Å². The van der Waals surface area contributed by atoms with Crippen molar-refractivity contribution in [3.8, 4) is 11.5 Å². The van der Waals surface area contributed by atoms with Crippen LogP contribution in [0.25, 0.3) is 0 Å². The molecule has 1 aromatic heterocycles. The molecule has 7 heteroatoms. The lowest BCUT2D eigenvalue weighted by Gasteiger charge is -2.32. The summed E-state index contributed by atoms with van der Waals surface area (Å²) in [5.41, 5.74) is 0.912. The molecule has 3 rings (SSSR count). The van der Waals surface area contributed by atoms with Gasteiger partial charge in [-0.3, -0.25) is 9.59 Å². The normalized spacial score (nSPS) is 16.2. The number of ether oxygens (including phenoxy) is 2. The predicted octanol–water partition coefficient (Wildman–Crippen LogP) is 3.64. The molecule has 1 aliphatic rings. The van der Waals surface area contributed by atoms with Crippen molar-refractivity contribution in [2.24, 2.45) is 5.92 Å². The van der Waals surface area contributed by atoms with E-state index >= 15 is 0 Å². The number of piperidine rings is 1. The topological polar surface area (TPSA) is 67.9 Å². The van der Waals surface area contributed by atoms with Gasteiger partial charge in [0.2, 0.25) is 11.8 Å². The average molecular weight is 431 g/mol. The van der Waals surface area contributed by atoms with E-state index in [1.165, 1.54) is 0 Å². The molecule has 1 aromatic carbocycles. The van der Waals surface area contributed by atoms with Gasteiger partial charge in [0.15, 0.2) is 0 Å². The average Bonchev–Trinajstić information content (AvgIpc) is 3.29. The molecule has 0 spiro atoms. The molecule has 2 amide bonds. The van der Waals surface area contributed by atoms with Crippen LogP contribution in [-0.4, -0.2) is 44.0 Å². The number of likely N-dealkylation sites (tertiary alicyclic amines) is 1. The fraction of sp³-hybridized carbons (Fsp3) is 0.478. The fourth-order valence-corrected chi connectivity index (χ4v) is 4.51. The Bertz CT molecular complexity index is 838. The minimum atomic E-state index is 0.0231. The summed E-state index contributed by atoms with van der Waals surface area (Å²) in [5.74, 6) is 2.01. The zero-order chi connectivity index (χ0) is 21.3. The monoisotopic (exact) mass is 430 g/mol. The van der Waals surface area contributed by atoms with E-state index < -0.39 is 0 Å². The molecule has 0 bridgehead atoms. The standard InChI is InChI=1S/C23H30N2O4S/c1-28-19-9-8-18(21(13-19)29-2)15-24-22(26)10-7-17-5-3-11-25(16-17)23(27)14-20-6-4-12-30-20/h4,6,8-9,12-13,17H,3,5,7,10-11,14-16H2,1-2H3,(H,24,26)/t17-/m0/s1. The van der Waals surface area contributed by atoms with Crippen molar-refractivity contribution < 1.29 is 19.1 Å². The summed E-state index contributed by atoms with van der Waals surface area (Å²) < 4.78 is 10.6. The third-order valence-electron chi connectivity index (χ3n) is 5.53. The van der Waals surface area contributed by atoms with Gasteiger partial charge in [-0.25, -0.2) is 0 Å². The van der Waals surface area contributed by atoms with E-state index in [0.29, 0.717) is 31.1 Å². The summed E-state index contributed by atoms with van der Waals surface area (Å²) in [4.78, 5) is 28.0. The second-order valence-electron chi connectivity index (χ2n) is 7.60. The molecule has 2 heterocycles. The van der Waals surface area contributed by atoms with Gasteiger partial charge in [-0.1, -0.05) is 6.07 Å². The van der Waals surface area contributed by atoms with E-state index in [1.54, 1.807) is 25.6 Å². The second-order valence-corrected chi connectivity index (χ2v) is 8.63. The largest absolute Gasteiger partial charge is 0.497 e. The van der Waals surface area contributed by atoms with Crippen LogP contribution in [0.4, 0.5) is 0 Å². The lowest BCUT2D eigenvalue weighted by molar-refractivity contribution is -0.132. The molecule has 0 saturated carbocycles. The van der Waals surface area contributed by atoms with Gasteiger partial charge in [0.05, 0.1) is 20.6 Å². The molecule has 6 nitrogen and oxygen atoms in total. The molecule has 2 aromatic rings. The minimum absolute atomic E-state index is 0.0231. The number of hydrogen-bond acceptors (Lipinski definition) is 5. The number of benzene rings is 1. The minimum Gasteiger partial charge on any atom is -0.497 e. The van der Waals surface area contributed by atoms with Crippen LogP contribution in [-0.2, 0) is 22.6 Å². The van der Waals surface area contributed by atoms with Crippen LogP contribution in [0, 0.1) is 5.92 Å². The number of rotatable bonds is 9. The molecule has 0 radical (unpaired) electrons. The Kier molecular flexibility index (Phi) is 8.13. The number of amides is 2. The van der Waals surface area contributed by atoms with Gasteiger partial charge in [0.1, 0.15) is 11.5 Å². The molecule has 0 unspecified atom stereocenters. The van der Waals surface area contributed by atoms with E-state index in [2.05, 4.69) is 5.32 Å². The second kappa shape index (κ2) is 11.0. The highest BCUT2D eigenvalue weighted by atomic mass is 32.1. The van der Waals surface area contributed by atoms with E-state index in [9.17, 15) is 9.59 Å². The quantitative estimate of drug-likeness (QED) is 0.660. The lowest BCUT2D eigenvalue weighted by atomic mass is 9.93. The third kappa shape index (κ3) is 6.23. The molecule has 162 valence electrons. The molecule has 0 aliphatic carbocycles. The first-order valence-electron chi connectivity index (χ1n) is 10.4. The Morgan fingerprint density at radius 1 is 1.23 bits per heavy atom. The van der Waals surface area contributed by atoms with E-state index in [0.717, 1.165) is 48.5 Å². The van der Waals surface area contributed by atoms with E-state index in [-0.39, 0.29) is 11.8 Å². The predicted molar refractivity (Wildman–Crippen MR) is 118 cm³/mol. The van der Waals surface area contributed by atoms with Crippen molar-refractivity contribution in [1.29, 1.82) is 0 Å². The molecule has 1 fully saturated rings. The van der Waals surface area contributed by atoms with Crippen LogP contribution in [0.15, 0.2) is 35.7 Å². The smallest absolute Gasteiger partial charge is 0.227 e. The lowest BCUT2D eigenvalue weighted by Crippen LogP contribution is -2.41. The summed E-state index contributed by atoms with van der Waals surface area (Å²) in [5, 5.41) is 4.98. The molecular formula is C23H30N2O4S. The van der Waals surface area contributed by atoms with Crippen molar-refractivity contribution in [2.75, 3.05) is 27.3 Å². The Morgan fingerprint density at radius 3 is 2.83 bits per heavy atom. The molecular weight excluding hydrogens is 400 g/mol. The third-order valence-corrected chi connectivity index (χ3v) is 6.40. The first-order chi connectivity index (χ1) is 14.6. The maximum atomic E-state index is 12.5. The number of carbonyl (C=O) groups excluding carboxylic acids is 2. The SMILES string of the molecule is COc1ccc(CNC(=O)CC[C@@H]2CCCN(C(=O)Cc3cccs3)C2)c(OC)c1. The summed E-state index contributed by atoms with van der Waals surface area (Å²) in [6, 6.07) is 9.55. The first kappa shape index (κ1) is 22.2. The van der Waals surface area contributed by atoms with Crippen LogP contribution in [0.1, 0.15) is 36.1 Å². The van der Waals surface area contributed by atoms with Crippen LogP contribution in [0.3, 0.4) is 0 Å². The van der Waals surface area contributed by atoms with Crippen molar-refractivity contribution in [3.05, 3.63) is 46.2 Å². The van der Waals surface area contributed by atoms with Gasteiger partial charge in [0.25, 0.3) is 0 Å². The Hall–Kier alpha value is -2.54. The molecule has 1 atom stereocenters. The maximum absolute atomic E-state index is 12.5. The highest BCUT2D eigenvalue weighted by Gasteiger charge is 2.24. The number of methoxy groups -OCH3 is 2. The zero-order valence-corrected chi connectivity index (χ0v) is 18.5. The van der Waals surface area contributed by atoms with Crippen molar-refractivity contribution in [2.45, 2.75) is 38.6 Å². The molecule has 1 saturated heterocycles. The number of nitrogens with zero attached hydrogens (tertiary/aromatic N) is 1. The van der Waals surface area contributed by atoms with Gasteiger partial charge < -0.3 is 19.7 Å². The van der Waals surface area contributed by atoms with Crippen LogP contribution in [0.5, 0.6) is 11.5 Å². The van der Waals surface area contributed by atoms with Crippen molar-refractivity contribution in [3.63, 3.8) is 0 Å². The maximum Gasteiger partial charge on any atom is 0.227 e. The zero-order valence-electron chi connectivity index (χ0n) is 17.7. The first-order valence-corrected chi connectivity index (χ1v) is 11.2. The summed E-state index contributed by atoms with van der Waals surface area (Å²) in [6.07, 6.45) is 3.83. The summed E-state index contributed by atoms with van der Waals surface area (Å²) in [7, 11) is 3.22. The van der Waals surface area contributed by atoms with Gasteiger partial charge >= 0.3 is 0 Å². The molecule has 30 heavy (non-hydrogen) atoms. The number of thiophene rings is 1. The van der Waals surface area contributed by atoms with Crippen molar-refractivity contribution >= 4 is 23.2 Å². The number of nitrogens with one attached hydrogen (secondary N) is 1. The molecule has 1 N–H and O–H groups in total. The highest BCUT2D eigenvalue weighted by molar-refractivity contribution is 7.10. The Balaban J connectivity index is 1.42. The Labute approximate surface area is 182 Å². The van der Waals surface area contributed by atoms with Crippen LogP contribution < -0.4 is 14.8 Å². The van der Waals surface area contributed by atoms with E-state index in [1.807, 2.05) is 40.6 Å². The van der Waals surface area contributed by atoms with Gasteiger partial charge in [-0.05, 0) is 48.8 Å². The summed E-state index contributed by atoms with van der Waals surface area (Å²) in [6.45, 7) is 2.00. The highest BCUT2D eigenvalue weighted by Crippen LogP contribution is 2.25. The van der Waals surface area contributed by atoms with Gasteiger partial charge in [-0.15, -0.1) is 11.3 Å². The number of carbonyl (C=O) groups is 2. The summed E-state index contributed by atoms with van der Waals surface area (Å²) >= 11 is 1.62. The number of hydrogen-bond donors (Lipinski definition) is 1. The van der Waals surface area contributed by atoms with Crippen LogP contribution >= 0.6 is 11.3 Å². The fourth-order valence-electron chi connectivity index (χ4n) is 3.82. The molecule has 1 aliphatic heterocycles. The van der Waals surface area contributed by atoms with Crippen LogP contribution in [0.2, 0.25) is 0 Å². The van der Waals surface area contributed by atoms with Gasteiger partial charge in [-0.2, -0.15) is 0 Å².